The van der Waals surface area contributed by atoms with E-state index in [2.05, 4.69) is 196 Å². The number of rotatable bonds is 4. The minimum Gasteiger partial charge on any atom is -0.334 e. The highest BCUT2D eigenvalue weighted by Gasteiger charge is 2.42. The Morgan fingerprint density at radius 3 is 1.92 bits per heavy atom. The van der Waals surface area contributed by atoms with Gasteiger partial charge in [-0.2, -0.15) is 0 Å². The summed E-state index contributed by atoms with van der Waals surface area (Å²) in [5, 5.41) is 2.54. The summed E-state index contributed by atoms with van der Waals surface area (Å²) in [7, 11) is 0. The summed E-state index contributed by atoms with van der Waals surface area (Å²) in [5.74, 6) is 0.283. The fourth-order valence-corrected chi connectivity index (χ4v) is 9.66. The Bertz CT molecular complexity index is 2610. The molecule has 0 N–H and O–H groups in total. The molecule has 51 heavy (non-hydrogen) atoms. The monoisotopic (exact) mass is 658 g/mol. The lowest BCUT2D eigenvalue weighted by Gasteiger charge is -2.39. The second-order valence-electron chi connectivity index (χ2n) is 15.8. The van der Waals surface area contributed by atoms with Gasteiger partial charge in [0.15, 0.2) is 0 Å². The Morgan fingerprint density at radius 2 is 1.12 bits per heavy atom. The van der Waals surface area contributed by atoms with E-state index >= 15 is 0 Å². The van der Waals surface area contributed by atoms with E-state index in [4.69, 9.17) is 0 Å². The quantitative estimate of drug-likeness (QED) is 0.183. The summed E-state index contributed by atoms with van der Waals surface area (Å²) in [4.78, 5) is 2.64. The molecule has 6 aromatic carbocycles. The number of para-hydroxylation sites is 2. The molecule has 2 unspecified atom stereocenters. The fraction of sp³-hybridized carbons (Fsp3) is 0.184. The number of allylic oxidation sites excluding steroid dienone is 2. The molecule has 0 amide bonds. The van der Waals surface area contributed by atoms with Gasteiger partial charge in [0.2, 0.25) is 0 Å². The van der Waals surface area contributed by atoms with Gasteiger partial charge >= 0.3 is 0 Å². The molecule has 248 valence electrons. The molecule has 0 aliphatic heterocycles. The van der Waals surface area contributed by atoms with E-state index in [9.17, 15) is 0 Å². The smallest absolute Gasteiger partial charge is 0.0588 e. The van der Waals surface area contributed by atoms with Crippen molar-refractivity contribution in [3.63, 3.8) is 0 Å². The molecule has 0 saturated heterocycles. The second-order valence-corrected chi connectivity index (χ2v) is 15.8. The lowest BCUT2D eigenvalue weighted by Crippen LogP contribution is -2.37. The predicted molar refractivity (Wildman–Crippen MR) is 215 cm³/mol. The van der Waals surface area contributed by atoms with Crippen molar-refractivity contribution in [3.8, 4) is 16.8 Å². The molecule has 2 atom stereocenters. The summed E-state index contributed by atoms with van der Waals surface area (Å²) in [6, 6.07) is 52.1. The maximum atomic E-state index is 2.64. The van der Waals surface area contributed by atoms with Crippen molar-refractivity contribution in [2.75, 3.05) is 4.90 Å². The zero-order valence-electron chi connectivity index (χ0n) is 30.0. The number of nitrogens with zero attached hydrogens (tertiary/aromatic N) is 2. The molecule has 1 aromatic heterocycles. The van der Waals surface area contributed by atoms with Crippen LogP contribution in [0.25, 0.3) is 44.2 Å². The van der Waals surface area contributed by atoms with Crippen LogP contribution in [0.4, 0.5) is 11.4 Å². The summed E-state index contributed by atoms with van der Waals surface area (Å²) in [6.45, 7) is 12.0. The zero-order valence-corrected chi connectivity index (χ0v) is 30.0. The molecule has 10 rings (SSSR count). The van der Waals surface area contributed by atoms with E-state index < -0.39 is 0 Å². The van der Waals surface area contributed by atoms with Gasteiger partial charge in [0.1, 0.15) is 0 Å². The Labute approximate surface area is 301 Å². The van der Waals surface area contributed by atoms with E-state index in [0.717, 1.165) is 0 Å². The number of hydrogen-bond donors (Lipinski definition) is 0. The fourth-order valence-electron chi connectivity index (χ4n) is 9.66. The average molecular weight is 659 g/mol. The minimum atomic E-state index is -0.0839. The first kappa shape index (κ1) is 30.2. The SMILES string of the molecule is CC1C=C2C(=CC1N(c1ccc3c(c1)C(C)(C)c1ccccc1-3)c1ccc3c(c1)c1ccccc1n3-c1ccccc1)C(C)(C)c1ccccc12. The first-order chi connectivity index (χ1) is 24.7. The van der Waals surface area contributed by atoms with Gasteiger partial charge in [-0.25, -0.2) is 0 Å². The van der Waals surface area contributed by atoms with Crippen LogP contribution in [-0.2, 0) is 10.8 Å². The van der Waals surface area contributed by atoms with Gasteiger partial charge in [0.25, 0.3) is 0 Å². The largest absolute Gasteiger partial charge is 0.334 e. The third-order valence-corrected chi connectivity index (χ3v) is 12.3. The third-order valence-electron chi connectivity index (χ3n) is 12.3. The summed E-state index contributed by atoms with van der Waals surface area (Å²) < 4.78 is 2.41. The zero-order chi connectivity index (χ0) is 34.6. The van der Waals surface area contributed by atoms with Crippen LogP contribution in [0, 0.1) is 5.92 Å². The number of benzene rings is 6. The van der Waals surface area contributed by atoms with Crippen molar-refractivity contribution < 1.29 is 0 Å². The number of anilines is 2. The average Bonchev–Trinajstić information content (AvgIpc) is 3.69. The topological polar surface area (TPSA) is 8.17 Å². The Kier molecular flexibility index (Phi) is 6.35. The molecule has 2 nitrogen and oxygen atoms in total. The molecule has 0 saturated carbocycles. The van der Waals surface area contributed by atoms with Gasteiger partial charge < -0.3 is 9.47 Å². The van der Waals surface area contributed by atoms with Crippen molar-refractivity contribution in [2.45, 2.75) is 51.5 Å². The van der Waals surface area contributed by atoms with Crippen molar-refractivity contribution in [2.24, 2.45) is 5.92 Å². The Hall–Kier alpha value is -5.60. The van der Waals surface area contributed by atoms with Crippen molar-refractivity contribution in [3.05, 3.63) is 180 Å². The molecular weight excluding hydrogens is 617 g/mol. The molecule has 1 heterocycles. The van der Waals surface area contributed by atoms with E-state index in [0.29, 0.717) is 0 Å². The minimum absolute atomic E-state index is 0.0683. The van der Waals surface area contributed by atoms with Crippen LogP contribution in [-0.4, -0.2) is 10.6 Å². The van der Waals surface area contributed by atoms with E-state index in [1.54, 1.807) is 0 Å². The molecular formula is C49H42N2. The first-order valence-electron chi connectivity index (χ1n) is 18.4. The van der Waals surface area contributed by atoms with Gasteiger partial charge in [0, 0.05) is 38.7 Å². The van der Waals surface area contributed by atoms with Crippen LogP contribution < -0.4 is 4.90 Å². The highest BCUT2D eigenvalue weighted by Crippen LogP contribution is 2.54. The number of aromatic nitrogens is 1. The van der Waals surface area contributed by atoms with Crippen LogP contribution >= 0.6 is 0 Å². The van der Waals surface area contributed by atoms with Crippen LogP contribution in [0.15, 0.2) is 157 Å². The molecule has 0 radical (unpaired) electrons. The van der Waals surface area contributed by atoms with Crippen molar-refractivity contribution >= 4 is 38.8 Å². The summed E-state index contributed by atoms with van der Waals surface area (Å²) in [5.41, 5.74) is 17.1. The van der Waals surface area contributed by atoms with Crippen molar-refractivity contribution in [1.82, 2.24) is 4.57 Å². The third kappa shape index (κ3) is 4.23. The van der Waals surface area contributed by atoms with Crippen LogP contribution in [0.2, 0.25) is 0 Å². The number of fused-ring (bicyclic) bond motifs is 9. The molecule has 7 aromatic rings. The molecule has 3 aliphatic carbocycles. The van der Waals surface area contributed by atoms with Crippen molar-refractivity contribution in [1.29, 1.82) is 0 Å². The second kappa shape index (κ2) is 10.7. The van der Waals surface area contributed by atoms with Gasteiger partial charge in [-0.3, -0.25) is 0 Å². The highest BCUT2D eigenvalue weighted by molar-refractivity contribution is 6.10. The van der Waals surface area contributed by atoms with Crippen LogP contribution in [0.3, 0.4) is 0 Å². The van der Waals surface area contributed by atoms with Gasteiger partial charge in [-0.05, 0) is 99.0 Å². The standard InChI is InChI=1S/C49H42N2/c1-31-27-39-36-18-10-13-21-42(36)49(4,5)44(39)30-47(31)50(34-23-25-37-35-17-9-12-20-41(35)48(2,3)43(37)29-34)33-24-26-46-40(28-33)38-19-11-14-22-45(38)51(46)32-15-7-6-8-16-32/h6-31,47H,1-5H3. The van der Waals surface area contributed by atoms with Crippen LogP contribution in [0.1, 0.15) is 56.9 Å². The summed E-state index contributed by atoms with van der Waals surface area (Å²) >= 11 is 0. The lowest BCUT2D eigenvalue weighted by atomic mass is 9.77. The Balaban J connectivity index is 1.20. The van der Waals surface area contributed by atoms with E-state index in [-0.39, 0.29) is 22.8 Å². The Morgan fingerprint density at radius 1 is 0.510 bits per heavy atom. The highest BCUT2D eigenvalue weighted by atomic mass is 15.2. The first-order valence-corrected chi connectivity index (χ1v) is 18.4. The molecule has 0 fully saturated rings. The van der Waals surface area contributed by atoms with Gasteiger partial charge in [0.05, 0.1) is 17.1 Å². The number of hydrogen-bond acceptors (Lipinski definition) is 1. The maximum absolute atomic E-state index is 2.64. The molecule has 2 heteroatoms. The van der Waals surface area contributed by atoms with E-state index in [1.807, 2.05) is 0 Å². The summed E-state index contributed by atoms with van der Waals surface area (Å²) in [6.07, 6.45) is 5.15. The molecule has 0 spiro atoms. The molecule has 0 bridgehead atoms. The van der Waals surface area contributed by atoms with Crippen LogP contribution in [0.5, 0.6) is 0 Å². The van der Waals surface area contributed by atoms with E-state index in [1.165, 1.54) is 83.4 Å². The normalized spacial score (nSPS) is 19.2. The lowest BCUT2D eigenvalue weighted by molar-refractivity contribution is 0.584. The predicted octanol–water partition coefficient (Wildman–Crippen LogP) is 12.5. The van der Waals surface area contributed by atoms with Gasteiger partial charge in [-0.15, -0.1) is 0 Å². The maximum Gasteiger partial charge on any atom is 0.0588 e. The van der Waals surface area contributed by atoms with Gasteiger partial charge in [-0.1, -0.05) is 138 Å². The molecule has 3 aliphatic rings.